The maximum absolute atomic E-state index is 3.49. The quantitative estimate of drug-likeness (QED) is 0.825. The van der Waals surface area contributed by atoms with Crippen LogP contribution in [-0.2, 0) is 0 Å². The molecule has 0 aromatic carbocycles. The minimum Gasteiger partial charge on any atom is -0.316 e. The number of nitrogens with zero attached hydrogens (tertiary/aromatic N) is 1. The van der Waals surface area contributed by atoms with E-state index in [2.05, 4.69) is 31.1 Å². The molecule has 0 amide bonds. The predicted octanol–water partition coefficient (Wildman–Crippen LogP) is 3.42. The van der Waals surface area contributed by atoms with Crippen molar-refractivity contribution in [3.05, 3.63) is 0 Å². The van der Waals surface area contributed by atoms with Crippen molar-refractivity contribution in [2.45, 2.75) is 83.3 Å². The molecule has 4 unspecified atom stereocenters. The van der Waals surface area contributed by atoms with Crippen LogP contribution in [0.1, 0.15) is 65.2 Å². The van der Waals surface area contributed by atoms with Gasteiger partial charge in [0.15, 0.2) is 0 Å². The van der Waals surface area contributed by atoms with Gasteiger partial charge in [0.2, 0.25) is 0 Å². The predicted molar refractivity (Wildman–Crippen MR) is 78.9 cm³/mol. The first-order valence-corrected chi connectivity index (χ1v) is 8.21. The number of rotatable bonds is 4. The summed E-state index contributed by atoms with van der Waals surface area (Å²) >= 11 is 0. The van der Waals surface area contributed by atoms with Gasteiger partial charge in [0.1, 0.15) is 0 Å². The van der Waals surface area contributed by atoms with E-state index >= 15 is 0 Å². The molecule has 18 heavy (non-hydrogen) atoms. The van der Waals surface area contributed by atoms with E-state index in [-0.39, 0.29) is 0 Å². The van der Waals surface area contributed by atoms with Gasteiger partial charge in [-0.1, -0.05) is 32.6 Å². The molecule has 0 aromatic heterocycles. The lowest BCUT2D eigenvalue weighted by Gasteiger charge is -2.48. The zero-order chi connectivity index (χ0) is 13.0. The molecule has 0 spiro atoms. The Labute approximate surface area is 114 Å². The van der Waals surface area contributed by atoms with Crippen molar-refractivity contribution in [3.63, 3.8) is 0 Å². The van der Waals surface area contributed by atoms with Gasteiger partial charge in [-0.3, -0.25) is 4.90 Å². The van der Waals surface area contributed by atoms with Crippen molar-refractivity contribution in [2.75, 3.05) is 13.6 Å². The smallest absolute Gasteiger partial charge is 0.0249 e. The zero-order valence-electron chi connectivity index (χ0n) is 12.6. The molecule has 2 aliphatic rings. The SMILES string of the molecule is CCC1CCCCC1N1CCCCC1C(C)NC. The standard InChI is InChI=1S/C16H32N2/c1-4-14-9-5-6-11-16(14)18-12-8-7-10-15(18)13(2)17-3/h13-17H,4-12H2,1-3H3. The first-order valence-electron chi connectivity index (χ1n) is 8.21. The first kappa shape index (κ1) is 14.3. The van der Waals surface area contributed by atoms with Gasteiger partial charge in [-0.2, -0.15) is 0 Å². The second-order valence-corrected chi connectivity index (χ2v) is 6.40. The summed E-state index contributed by atoms with van der Waals surface area (Å²) in [6.07, 6.45) is 11.5. The molecule has 1 N–H and O–H groups in total. The normalized spacial score (nSPS) is 36.5. The van der Waals surface area contributed by atoms with Crippen molar-refractivity contribution >= 4 is 0 Å². The number of likely N-dealkylation sites (N-methyl/N-ethyl adjacent to an activating group) is 1. The lowest BCUT2D eigenvalue weighted by molar-refractivity contribution is 0.0243. The molecule has 0 radical (unpaired) electrons. The van der Waals surface area contributed by atoms with Crippen LogP contribution in [0.3, 0.4) is 0 Å². The molecule has 2 heteroatoms. The van der Waals surface area contributed by atoms with Gasteiger partial charge in [0.05, 0.1) is 0 Å². The molecule has 1 saturated heterocycles. The summed E-state index contributed by atoms with van der Waals surface area (Å²) in [5.74, 6) is 0.961. The van der Waals surface area contributed by atoms with Gasteiger partial charge >= 0.3 is 0 Å². The van der Waals surface area contributed by atoms with Gasteiger partial charge in [-0.25, -0.2) is 0 Å². The van der Waals surface area contributed by atoms with Gasteiger partial charge in [-0.05, 0) is 52.1 Å². The number of hydrogen-bond donors (Lipinski definition) is 1. The van der Waals surface area contributed by atoms with E-state index in [4.69, 9.17) is 0 Å². The van der Waals surface area contributed by atoms with Crippen molar-refractivity contribution < 1.29 is 0 Å². The minimum atomic E-state index is 0.643. The number of likely N-dealkylation sites (tertiary alicyclic amines) is 1. The third-order valence-corrected chi connectivity index (χ3v) is 5.44. The van der Waals surface area contributed by atoms with Crippen LogP contribution in [0.15, 0.2) is 0 Å². The third kappa shape index (κ3) is 3.08. The Morgan fingerprint density at radius 2 is 1.83 bits per heavy atom. The zero-order valence-corrected chi connectivity index (χ0v) is 12.6. The Balaban J connectivity index is 2.06. The molecule has 4 atom stereocenters. The Morgan fingerprint density at radius 1 is 1.11 bits per heavy atom. The molecule has 2 fully saturated rings. The van der Waals surface area contributed by atoms with Crippen molar-refractivity contribution in [1.82, 2.24) is 10.2 Å². The maximum atomic E-state index is 3.49. The lowest BCUT2D eigenvalue weighted by atomic mass is 9.79. The van der Waals surface area contributed by atoms with E-state index in [1.54, 1.807) is 0 Å². The van der Waals surface area contributed by atoms with Crippen LogP contribution in [-0.4, -0.2) is 36.6 Å². The number of nitrogens with one attached hydrogen (secondary N) is 1. The fourth-order valence-electron chi connectivity index (χ4n) is 4.22. The average Bonchev–Trinajstić information content (AvgIpc) is 2.46. The highest BCUT2D eigenvalue weighted by molar-refractivity contribution is 4.92. The summed E-state index contributed by atoms with van der Waals surface area (Å²) in [5.41, 5.74) is 0. The largest absolute Gasteiger partial charge is 0.316 e. The molecule has 1 aliphatic carbocycles. The Morgan fingerprint density at radius 3 is 2.56 bits per heavy atom. The second kappa shape index (κ2) is 6.91. The lowest BCUT2D eigenvalue weighted by Crippen LogP contribution is -2.56. The van der Waals surface area contributed by atoms with Crippen molar-refractivity contribution in [1.29, 1.82) is 0 Å². The molecule has 2 rings (SSSR count). The van der Waals surface area contributed by atoms with E-state index in [1.165, 1.54) is 57.9 Å². The van der Waals surface area contributed by atoms with E-state index in [1.807, 2.05) is 0 Å². The topological polar surface area (TPSA) is 15.3 Å². The van der Waals surface area contributed by atoms with Crippen LogP contribution < -0.4 is 5.32 Å². The maximum Gasteiger partial charge on any atom is 0.0249 e. The molecule has 1 heterocycles. The van der Waals surface area contributed by atoms with Gasteiger partial charge in [0, 0.05) is 18.1 Å². The highest BCUT2D eigenvalue weighted by Crippen LogP contribution is 2.34. The molecule has 106 valence electrons. The average molecular weight is 252 g/mol. The van der Waals surface area contributed by atoms with Crippen LogP contribution in [0.25, 0.3) is 0 Å². The molecule has 1 aliphatic heterocycles. The molecule has 0 aromatic rings. The van der Waals surface area contributed by atoms with Gasteiger partial charge in [-0.15, -0.1) is 0 Å². The summed E-state index contributed by atoms with van der Waals surface area (Å²) < 4.78 is 0. The van der Waals surface area contributed by atoms with Crippen LogP contribution in [0.4, 0.5) is 0 Å². The fourth-order valence-corrected chi connectivity index (χ4v) is 4.22. The first-order chi connectivity index (χ1) is 8.77. The van der Waals surface area contributed by atoms with Crippen LogP contribution >= 0.6 is 0 Å². The highest BCUT2D eigenvalue weighted by atomic mass is 15.2. The van der Waals surface area contributed by atoms with Crippen molar-refractivity contribution in [3.8, 4) is 0 Å². The summed E-state index contributed by atoms with van der Waals surface area (Å²) in [4.78, 5) is 2.89. The Kier molecular flexibility index (Phi) is 5.50. The van der Waals surface area contributed by atoms with E-state index in [0.717, 1.165) is 18.0 Å². The minimum absolute atomic E-state index is 0.643. The van der Waals surface area contributed by atoms with Crippen LogP contribution in [0, 0.1) is 5.92 Å². The monoisotopic (exact) mass is 252 g/mol. The van der Waals surface area contributed by atoms with Crippen molar-refractivity contribution in [2.24, 2.45) is 5.92 Å². The second-order valence-electron chi connectivity index (χ2n) is 6.40. The molecular weight excluding hydrogens is 220 g/mol. The summed E-state index contributed by atoms with van der Waals surface area (Å²) in [6, 6.07) is 2.30. The summed E-state index contributed by atoms with van der Waals surface area (Å²) in [5, 5.41) is 3.49. The third-order valence-electron chi connectivity index (χ3n) is 5.44. The van der Waals surface area contributed by atoms with E-state index < -0.39 is 0 Å². The Bertz CT molecular complexity index is 241. The number of piperidine rings is 1. The van der Waals surface area contributed by atoms with Crippen LogP contribution in [0.2, 0.25) is 0 Å². The summed E-state index contributed by atoms with van der Waals surface area (Å²) in [7, 11) is 2.12. The molecule has 2 nitrogen and oxygen atoms in total. The molecular formula is C16H32N2. The molecule has 1 saturated carbocycles. The van der Waals surface area contributed by atoms with E-state index in [9.17, 15) is 0 Å². The van der Waals surface area contributed by atoms with Crippen LogP contribution in [0.5, 0.6) is 0 Å². The Hall–Kier alpha value is -0.0800. The fraction of sp³-hybridized carbons (Fsp3) is 1.00. The highest BCUT2D eigenvalue weighted by Gasteiger charge is 2.36. The van der Waals surface area contributed by atoms with Gasteiger partial charge in [0.25, 0.3) is 0 Å². The van der Waals surface area contributed by atoms with Gasteiger partial charge < -0.3 is 5.32 Å². The number of hydrogen-bond acceptors (Lipinski definition) is 2. The summed E-state index contributed by atoms with van der Waals surface area (Å²) in [6.45, 7) is 6.11. The molecule has 0 bridgehead atoms. The van der Waals surface area contributed by atoms with E-state index in [0.29, 0.717) is 6.04 Å².